The van der Waals surface area contributed by atoms with Crippen LogP contribution in [0.15, 0.2) is 0 Å². The molecule has 23 heavy (non-hydrogen) atoms. The predicted molar refractivity (Wildman–Crippen MR) is 97.4 cm³/mol. The van der Waals surface area contributed by atoms with E-state index in [1.165, 1.54) is 30.7 Å². The van der Waals surface area contributed by atoms with Gasteiger partial charge in [-0.25, -0.2) is 5.06 Å². The van der Waals surface area contributed by atoms with Gasteiger partial charge in [-0.1, -0.05) is 83.4 Å². The van der Waals surface area contributed by atoms with Crippen molar-refractivity contribution in [2.24, 2.45) is 5.41 Å². The zero-order valence-corrected chi connectivity index (χ0v) is 15.8. The van der Waals surface area contributed by atoms with Crippen LogP contribution in [-0.2, 0) is 9.63 Å². The van der Waals surface area contributed by atoms with Crippen molar-refractivity contribution in [2.75, 3.05) is 14.2 Å². The van der Waals surface area contributed by atoms with Gasteiger partial charge in [0, 0.05) is 12.5 Å². The van der Waals surface area contributed by atoms with Crippen LogP contribution >= 0.6 is 0 Å². The van der Waals surface area contributed by atoms with Crippen molar-refractivity contribution in [1.29, 1.82) is 0 Å². The fourth-order valence-electron chi connectivity index (χ4n) is 3.72. The molecule has 0 N–H and O–H groups in total. The summed E-state index contributed by atoms with van der Waals surface area (Å²) in [7, 11) is 9.69. The first-order chi connectivity index (χ1) is 10.8. The molecule has 3 nitrogen and oxygen atoms in total. The summed E-state index contributed by atoms with van der Waals surface area (Å²) in [5, 5.41) is 1.39. The van der Waals surface area contributed by atoms with E-state index < -0.39 is 0 Å². The van der Waals surface area contributed by atoms with E-state index in [-0.39, 0.29) is 16.6 Å². The lowest BCUT2D eigenvalue weighted by molar-refractivity contribution is -0.180. The van der Waals surface area contributed by atoms with E-state index in [0.717, 1.165) is 51.4 Å². The highest BCUT2D eigenvalue weighted by molar-refractivity contribution is 6.14. The molecule has 1 rings (SSSR count). The molecular weight excluding hydrogens is 285 g/mol. The molecule has 0 aromatic carbocycles. The normalized spacial score (nSPS) is 32.0. The SMILES string of the molecule is [B]C1(C)CCCCCCC[C@](C)(C(=O)N(C)OC)CCCCC1. The fraction of sp³-hybridized carbons (Fsp3) is 0.947. The summed E-state index contributed by atoms with van der Waals surface area (Å²) in [5.74, 6) is 0.121. The molecule has 1 aliphatic carbocycles. The van der Waals surface area contributed by atoms with Gasteiger partial charge in [0.05, 0.1) is 15.0 Å². The van der Waals surface area contributed by atoms with Gasteiger partial charge in [0.2, 0.25) is 0 Å². The van der Waals surface area contributed by atoms with Crippen LogP contribution in [0.5, 0.6) is 0 Å². The summed E-state index contributed by atoms with van der Waals surface area (Å²) in [6, 6.07) is 0. The smallest absolute Gasteiger partial charge is 0.251 e. The van der Waals surface area contributed by atoms with Crippen molar-refractivity contribution < 1.29 is 9.63 Å². The molecular formula is C19H36BNO2. The highest BCUT2D eigenvalue weighted by atomic mass is 16.7. The second-order valence-electron chi connectivity index (χ2n) is 8.03. The highest BCUT2D eigenvalue weighted by Gasteiger charge is 2.34. The lowest BCUT2D eigenvalue weighted by Crippen LogP contribution is -2.39. The van der Waals surface area contributed by atoms with Crippen molar-refractivity contribution in [3.8, 4) is 0 Å². The zero-order valence-electron chi connectivity index (χ0n) is 15.8. The molecule has 1 unspecified atom stereocenters. The number of hydrogen-bond acceptors (Lipinski definition) is 2. The van der Waals surface area contributed by atoms with Gasteiger partial charge in [0.15, 0.2) is 0 Å². The summed E-state index contributed by atoms with van der Waals surface area (Å²) in [6.07, 6.45) is 13.6. The van der Waals surface area contributed by atoms with Gasteiger partial charge in [-0.2, -0.15) is 0 Å². The van der Waals surface area contributed by atoms with E-state index in [2.05, 4.69) is 13.8 Å². The molecule has 4 heteroatoms. The average molecular weight is 321 g/mol. The standard InChI is InChI=1S/C19H36BNO2/c1-18(17(22)21(3)23-4)13-9-6-5-7-11-15-19(2,20)16-12-8-10-14-18/h5-16H2,1-4H3/t18-,19?/m0/s1. The van der Waals surface area contributed by atoms with Gasteiger partial charge < -0.3 is 0 Å². The Morgan fingerprint density at radius 1 is 0.870 bits per heavy atom. The quantitative estimate of drug-likeness (QED) is 0.526. The molecule has 2 atom stereocenters. The zero-order chi connectivity index (χ0) is 17.3. The molecule has 1 aliphatic rings. The summed E-state index contributed by atoms with van der Waals surface area (Å²) in [5.41, 5.74) is -0.291. The molecule has 0 aliphatic heterocycles. The number of hydrogen-bond donors (Lipinski definition) is 0. The van der Waals surface area contributed by atoms with Gasteiger partial charge >= 0.3 is 0 Å². The number of amides is 1. The Kier molecular flexibility index (Phi) is 8.67. The maximum Gasteiger partial charge on any atom is 0.251 e. The second-order valence-corrected chi connectivity index (χ2v) is 8.03. The van der Waals surface area contributed by atoms with E-state index in [0.29, 0.717) is 0 Å². The van der Waals surface area contributed by atoms with Crippen molar-refractivity contribution in [1.82, 2.24) is 5.06 Å². The molecule has 0 aromatic rings. The minimum atomic E-state index is -0.291. The van der Waals surface area contributed by atoms with E-state index in [9.17, 15) is 4.79 Å². The van der Waals surface area contributed by atoms with Crippen LogP contribution < -0.4 is 0 Å². The molecule has 0 spiro atoms. The lowest BCUT2D eigenvalue weighted by atomic mass is 9.64. The largest absolute Gasteiger partial charge is 0.275 e. The van der Waals surface area contributed by atoms with Crippen LogP contribution in [0.3, 0.4) is 0 Å². The van der Waals surface area contributed by atoms with Crippen molar-refractivity contribution in [3.63, 3.8) is 0 Å². The van der Waals surface area contributed by atoms with E-state index in [1.54, 1.807) is 14.2 Å². The Labute approximate surface area is 144 Å². The van der Waals surface area contributed by atoms with Gasteiger partial charge in [0.1, 0.15) is 0 Å². The first-order valence-electron chi connectivity index (χ1n) is 9.42. The highest BCUT2D eigenvalue weighted by Crippen LogP contribution is 2.37. The molecule has 132 valence electrons. The molecule has 0 bridgehead atoms. The van der Waals surface area contributed by atoms with Gasteiger partial charge in [-0.3, -0.25) is 9.63 Å². The van der Waals surface area contributed by atoms with Crippen LogP contribution in [0.25, 0.3) is 0 Å². The number of nitrogens with zero attached hydrogens (tertiary/aromatic N) is 1. The van der Waals surface area contributed by atoms with Gasteiger partial charge in [0.25, 0.3) is 5.91 Å². The Morgan fingerprint density at radius 3 is 1.74 bits per heavy atom. The summed E-state index contributed by atoms with van der Waals surface area (Å²) < 4.78 is 0. The molecule has 1 saturated carbocycles. The average Bonchev–Trinajstić information content (AvgIpc) is 2.51. The third kappa shape index (κ3) is 7.28. The van der Waals surface area contributed by atoms with Crippen LogP contribution in [-0.4, -0.2) is 33.0 Å². The third-order valence-electron chi connectivity index (χ3n) is 5.53. The molecule has 2 radical (unpaired) electrons. The Bertz CT molecular complexity index is 359. The van der Waals surface area contributed by atoms with Crippen LogP contribution in [0.2, 0.25) is 5.31 Å². The molecule has 1 fully saturated rings. The Hall–Kier alpha value is -0.505. The number of carbonyl (C=O) groups excluding carboxylic acids is 1. The Balaban J connectivity index is 2.65. The number of rotatable bonds is 2. The van der Waals surface area contributed by atoms with Crippen LogP contribution in [0.4, 0.5) is 0 Å². The second kappa shape index (κ2) is 9.71. The van der Waals surface area contributed by atoms with E-state index >= 15 is 0 Å². The molecule has 0 heterocycles. The van der Waals surface area contributed by atoms with Crippen LogP contribution in [0, 0.1) is 5.41 Å². The molecule has 1 amide bonds. The van der Waals surface area contributed by atoms with Gasteiger partial charge in [-0.05, 0) is 12.8 Å². The maximum absolute atomic E-state index is 12.7. The van der Waals surface area contributed by atoms with Crippen molar-refractivity contribution >= 4 is 13.8 Å². The first-order valence-corrected chi connectivity index (χ1v) is 9.42. The monoisotopic (exact) mass is 321 g/mol. The number of carbonyl (C=O) groups is 1. The number of hydroxylamine groups is 2. The molecule has 0 saturated heterocycles. The fourth-order valence-corrected chi connectivity index (χ4v) is 3.72. The minimum absolute atomic E-state index is 0.0144. The summed E-state index contributed by atoms with van der Waals surface area (Å²) >= 11 is 0. The minimum Gasteiger partial charge on any atom is -0.275 e. The van der Waals surface area contributed by atoms with E-state index in [4.69, 9.17) is 12.7 Å². The Morgan fingerprint density at radius 2 is 1.26 bits per heavy atom. The summed E-state index contributed by atoms with van der Waals surface area (Å²) in [6.45, 7) is 4.31. The van der Waals surface area contributed by atoms with Crippen LogP contribution in [0.1, 0.15) is 90.9 Å². The molecule has 0 aromatic heterocycles. The third-order valence-corrected chi connectivity index (χ3v) is 5.53. The lowest BCUT2D eigenvalue weighted by Gasteiger charge is -2.32. The van der Waals surface area contributed by atoms with Crippen molar-refractivity contribution in [3.05, 3.63) is 0 Å². The first kappa shape index (κ1) is 20.5. The van der Waals surface area contributed by atoms with E-state index in [1.807, 2.05) is 0 Å². The van der Waals surface area contributed by atoms with Crippen molar-refractivity contribution in [2.45, 2.75) is 96.2 Å². The topological polar surface area (TPSA) is 29.5 Å². The predicted octanol–water partition coefficient (Wildman–Crippen LogP) is 5.05. The summed E-state index contributed by atoms with van der Waals surface area (Å²) in [4.78, 5) is 17.8. The maximum atomic E-state index is 12.7. The van der Waals surface area contributed by atoms with Gasteiger partial charge in [-0.15, -0.1) is 0 Å².